The predicted octanol–water partition coefficient (Wildman–Crippen LogP) is 2.75. The van der Waals surface area contributed by atoms with Gasteiger partial charge in [-0.3, -0.25) is 4.79 Å². The molecule has 1 saturated heterocycles. The van der Waals surface area contributed by atoms with Gasteiger partial charge in [0.15, 0.2) is 0 Å². The van der Waals surface area contributed by atoms with E-state index in [-0.39, 0.29) is 0 Å². The minimum Gasteiger partial charge on any atom is -0.316 e. The minimum atomic E-state index is 0.382. The zero-order valence-corrected chi connectivity index (χ0v) is 11.2. The molecule has 2 nitrogen and oxygen atoms in total. The number of nitrogens with one attached hydrogen (secondary N) is 1. The molecule has 0 saturated carbocycles. The maximum Gasteiger partial charge on any atom is 0.137 e. The maximum absolute atomic E-state index is 12.0. The van der Waals surface area contributed by atoms with Crippen LogP contribution in [0.5, 0.6) is 0 Å². The van der Waals surface area contributed by atoms with Gasteiger partial charge in [0.05, 0.1) is 0 Å². The van der Waals surface area contributed by atoms with Crippen LogP contribution in [0.15, 0.2) is 24.3 Å². The van der Waals surface area contributed by atoms with Crippen molar-refractivity contribution < 1.29 is 4.79 Å². The number of hydrogen-bond acceptors (Lipinski definition) is 2. The highest BCUT2D eigenvalue weighted by atomic mass is 16.1. The van der Waals surface area contributed by atoms with Crippen LogP contribution < -0.4 is 5.32 Å². The molecule has 0 spiro atoms. The molecule has 18 heavy (non-hydrogen) atoms. The fraction of sp³-hybridized carbons (Fsp3) is 0.562. The Morgan fingerprint density at radius 1 is 1.28 bits per heavy atom. The van der Waals surface area contributed by atoms with Crippen LogP contribution >= 0.6 is 0 Å². The molecule has 0 bridgehead atoms. The number of Topliss-reactive ketones (excluding diaryl/α,β-unsaturated/α-hetero) is 1. The van der Waals surface area contributed by atoms with Crippen LogP contribution in [-0.4, -0.2) is 18.9 Å². The standard InChI is InChI=1S/C16H23NO/c1-2-13-5-7-14(8-6-13)10-16(18)11-15-4-3-9-17-12-15/h5-8,15,17H,2-4,9-12H2,1H3. The van der Waals surface area contributed by atoms with E-state index in [0.29, 0.717) is 18.1 Å². The highest BCUT2D eigenvalue weighted by Gasteiger charge is 2.16. The lowest BCUT2D eigenvalue weighted by Gasteiger charge is -2.21. The highest BCUT2D eigenvalue weighted by Crippen LogP contribution is 2.16. The molecule has 1 aliphatic heterocycles. The Hall–Kier alpha value is -1.15. The third kappa shape index (κ3) is 3.95. The SMILES string of the molecule is CCc1ccc(CC(=O)CC2CCCNC2)cc1. The lowest BCUT2D eigenvalue weighted by Crippen LogP contribution is -2.31. The van der Waals surface area contributed by atoms with Crippen molar-refractivity contribution in [3.8, 4) is 0 Å². The van der Waals surface area contributed by atoms with Crippen LogP contribution in [0.25, 0.3) is 0 Å². The van der Waals surface area contributed by atoms with Gasteiger partial charge < -0.3 is 5.32 Å². The van der Waals surface area contributed by atoms with E-state index in [1.54, 1.807) is 0 Å². The lowest BCUT2D eigenvalue weighted by atomic mass is 9.92. The largest absolute Gasteiger partial charge is 0.316 e. The first-order valence-electron chi connectivity index (χ1n) is 7.08. The molecule has 1 aliphatic rings. The summed E-state index contributed by atoms with van der Waals surface area (Å²) < 4.78 is 0. The number of ketones is 1. The Balaban J connectivity index is 1.82. The molecular formula is C16H23NO. The van der Waals surface area contributed by atoms with Crippen LogP contribution in [0.4, 0.5) is 0 Å². The average Bonchev–Trinajstić information content (AvgIpc) is 2.40. The molecular weight excluding hydrogens is 222 g/mol. The Morgan fingerprint density at radius 3 is 2.61 bits per heavy atom. The van der Waals surface area contributed by atoms with Crippen LogP contribution in [-0.2, 0) is 17.6 Å². The van der Waals surface area contributed by atoms with Crippen molar-refractivity contribution in [2.24, 2.45) is 5.92 Å². The van der Waals surface area contributed by atoms with E-state index in [2.05, 4.69) is 36.5 Å². The second kappa shape index (κ2) is 6.69. The normalized spacial score (nSPS) is 19.7. The van der Waals surface area contributed by atoms with E-state index in [0.717, 1.165) is 31.5 Å². The van der Waals surface area contributed by atoms with Gasteiger partial charge in [0.2, 0.25) is 0 Å². The molecule has 0 amide bonds. The first-order valence-corrected chi connectivity index (χ1v) is 7.08. The molecule has 0 radical (unpaired) electrons. The van der Waals surface area contributed by atoms with E-state index in [1.165, 1.54) is 18.4 Å². The summed E-state index contributed by atoms with van der Waals surface area (Å²) in [5, 5.41) is 3.37. The summed E-state index contributed by atoms with van der Waals surface area (Å²) >= 11 is 0. The number of rotatable bonds is 5. The number of aryl methyl sites for hydroxylation is 1. The molecule has 1 fully saturated rings. The fourth-order valence-corrected chi connectivity index (χ4v) is 2.61. The van der Waals surface area contributed by atoms with Gasteiger partial charge in [-0.1, -0.05) is 31.2 Å². The third-order valence-corrected chi connectivity index (χ3v) is 3.75. The predicted molar refractivity (Wildman–Crippen MR) is 74.7 cm³/mol. The van der Waals surface area contributed by atoms with Crippen molar-refractivity contribution in [1.82, 2.24) is 5.32 Å². The van der Waals surface area contributed by atoms with Crippen molar-refractivity contribution in [3.05, 3.63) is 35.4 Å². The second-order valence-electron chi connectivity index (χ2n) is 5.30. The van der Waals surface area contributed by atoms with E-state index < -0.39 is 0 Å². The fourth-order valence-electron chi connectivity index (χ4n) is 2.61. The zero-order valence-electron chi connectivity index (χ0n) is 11.2. The molecule has 1 unspecified atom stereocenters. The van der Waals surface area contributed by atoms with Gasteiger partial charge in [-0.05, 0) is 49.4 Å². The van der Waals surface area contributed by atoms with Crippen LogP contribution in [0, 0.1) is 5.92 Å². The molecule has 2 rings (SSSR count). The molecule has 1 N–H and O–H groups in total. The second-order valence-corrected chi connectivity index (χ2v) is 5.30. The van der Waals surface area contributed by atoms with Gasteiger partial charge in [0.1, 0.15) is 5.78 Å². The van der Waals surface area contributed by atoms with Gasteiger partial charge in [-0.15, -0.1) is 0 Å². The first kappa shape index (κ1) is 13.3. The van der Waals surface area contributed by atoms with Gasteiger partial charge in [-0.25, -0.2) is 0 Å². The Morgan fingerprint density at radius 2 is 2.00 bits per heavy atom. The Kier molecular flexibility index (Phi) is 4.94. The molecule has 1 atom stereocenters. The van der Waals surface area contributed by atoms with Crippen molar-refractivity contribution in [1.29, 1.82) is 0 Å². The molecule has 1 aromatic carbocycles. The van der Waals surface area contributed by atoms with E-state index in [9.17, 15) is 4.79 Å². The summed E-state index contributed by atoms with van der Waals surface area (Å²) in [4.78, 5) is 12.0. The molecule has 1 heterocycles. The monoisotopic (exact) mass is 245 g/mol. The third-order valence-electron chi connectivity index (χ3n) is 3.75. The summed E-state index contributed by atoms with van der Waals surface area (Å²) in [6.07, 6.45) is 4.81. The zero-order chi connectivity index (χ0) is 12.8. The van der Waals surface area contributed by atoms with Crippen molar-refractivity contribution in [2.45, 2.75) is 39.0 Å². The van der Waals surface area contributed by atoms with E-state index >= 15 is 0 Å². The van der Waals surface area contributed by atoms with Crippen molar-refractivity contribution >= 4 is 5.78 Å². The summed E-state index contributed by atoms with van der Waals surface area (Å²) in [5.74, 6) is 0.939. The maximum atomic E-state index is 12.0. The molecule has 1 aromatic rings. The highest BCUT2D eigenvalue weighted by molar-refractivity contribution is 5.81. The molecule has 2 heteroatoms. The Bertz CT molecular complexity index is 377. The number of carbonyl (C=O) groups excluding carboxylic acids is 1. The van der Waals surface area contributed by atoms with Crippen molar-refractivity contribution in [3.63, 3.8) is 0 Å². The molecule has 0 aliphatic carbocycles. The lowest BCUT2D eigenvalue weighted by molar-refractivity contribution is -0.119. The number of hydrogen-bond donors (Lipinski definition) is 1. The van der Waals surface area contributed by atoms with E-state index in [4.69, 9.17) is 0 Å². The first-order chi connectivity index (χ1) is 8.78. The smallest absolute Gasteiger partial charge is 0.137 e. The Labute approximate surface area is 110 Å². The summed E-state index contributed by atoms with van der Waals surface area (Å²) in [6, 6.07) is 8.45. The van der Waals surface area contributed by atoms with Gasteiger partial charge in [-0.2, -0.15) is 0 Å². The van der Waals surface area contributed by atoms with Crippen LogP contribution in [0.3, 0.4) is 0 Å². The minimum absolute atomic E-state index is 0.382. The van der Waals surface area contributed by atoms with Crippen molar-refractivity contribution in [2.75, 3.05) is 13.1 Å². The van der Waals surface area contributed by atoms with Gasteiger partial charge in [0.25, 0.3) is 0 Å². The number of carbonyl (C=O) groups is 1. The topological polar surface area (TPSA) is 29.1 Å². The molecule has 0 aromatic heterocycles. The van der Waals surface area contributed by atoms with Gasteiger partial charge >= 0.3 is 0 Å². The molecule has 98 valence electrons. The quantitative estimate of drug-likeness (QED) is 0.864. The van der Waals surface area contributed by atoms with E-state index in [1.807, 2.05) is 0 Å². The summed E-state index contributed by atoms with van der Waals surface area (Å²) in [6.45, 7) is 4.28. The number of benzene rings is 1. The summed E-state index contributed by atoms with van der Waals surface area (Å²) in [7, 11) is 0. The summed E-state index contributed by atoms with van der Waals surface area (Å²) in [5.41, 5.74) is 2.49. The van der Waals surface area contributed by atoms with Crippen LogP contribution in [0.1, 0.15) is 37.3 Å². The van der Waals surface area contributed by atoms with Gasteiger partial charge in [0, 0.05) is 12.8 Å². The number of piperidine rings is 1. The average molecular weight is 245 g/mol. The van der Waals surface area contributed by atoms with Crippen LogP contribution in [0.2, 0.25) is 0 Å².